The van der Waals surface area contributed by atoms with Crippen LogP contribution < -0.4 is 0 Å². The normalized spacial score (nSPS) is 12.6. The average molecular weight is 243 g/mol. The molecule has 0 amide bonds. The zero-order valence-corrected chi connectivity index (χ0v) is 9.61. The van der Waals surface area contributed by atoms with Gasteiger partial charge in [0.25, 0.3) is 0 Å². The first-order valence-corrected chi connectivity index (χ1v) is 5.63. The maximum Gasteiger partial charge on any atom is 0.325 e. The lowest BCUT2D eigenvalue weighted by atomic mass is 10.1. The van der Waals surface area contributed by atoms with E-state index in [-0.39, 0.29) is 13.0 Å². The first-order chi connectivity index (χ1) is 7.52. The third-order valence-corrected chi connectivity index (χ3v) is 2.91. The second-order valence-corrected chi connectivity index (χ2v) is 4.20. The van der Waals surface area contributed by atoms with Gasteiger partial charge in [-0.2, -0.15) is 11.3 Å². The fourth-order valence-corrected chi connectivity index (χ4v) is 2.10. The van der Waals surface area contributed by atoms with Gasteiger partial charge in [-0.25, -0.2) is 0 Å². The molecule has 0 spiro atoms. The summed E-state index contributed by atoms with van der Waals surface area (Å²) in [5.41, 5.74) is 0.686. The van der Waals surface area contributed by atoms with Crippen molar-refractivity contribution < 1.29 is 19.8 Å². The molecule has 1 unspecified atom stereocenters. The van der Waals surface area contributed by atoms with E-state index in [0.29, 0.717) is 5.56 Å². The van der Waals surface area contributed by atoms with Gasteiger partial charge in [-0.3, -0.25) is 14.5 Å². The van der Waals surface area contributed by atoms with E-state index in [0.717, 1.165) is 0 Å². The van der Waals surface area contributed by atoms with Crippen LogP contribution in [0.5, 0.6) is 0 Å². The summed E-state index contributed by atoms with van der Waals surface area (Å²) in [5, 5.41) is 21.2. The smallest absolute Gasteiger partial charge is 0.325 e. The number of nitrogens with zero attached hydrogens (tertiary/aromatic N) is 1. The van der Waals surface area contributed by atoms with Gasteiger partial charge in [0.2, 0.25) is 0 Å². The van der Waals surface area contributed by atoms with Gasteiger partial charge in [0, 0.05) is 6.54 Å². The van der Waals surface area contributed by atoms with E-state index < -0.39 is 18.0 Å². The fourth-order valence-electron chi connectivity index (χ4n) is 1.42. The van der Waals surface area contributed by atoms with Gasteiger partial charge in [0.05, 0.1) is 6.42 Å². The summed E-state index contributed by atoms with van der Waals surface area (Å²) < 4.78 is 0. The molecule has 0 aliphatic heterocycles. The van der Waals surface area contributed by atoms with E-state index in [4.69, 9.17) is 10.2 Å². The van der Waals surface area contributed by atoms with E-state index in [1.807, 2.05) is 0 Å². The Bertz CT molecular complexity index is 363. The molecular weight excluding hydrogens is 230 g/mol. The van der Waals surface area contributed by atoms with Gasteiger partial charge in [-0.05, 0) is 29.4 Å². The molecule has 1 aromatic rings. The van der Waals surface area contributed by atoms with Crippen molar-refractivity contribution in [3.05, 3.63) is 22.4 Å². The Kier molecular flexibility index (Phi) is 4.45. The quantitative estimate of drug-likeness (QED) is 0.787. The van der Waals surface area contributed by atoms with Crippen LogP contribution in [0.15, 0.2) is 16.8 Å². The number of hydrogen-bond acceptors (Lipinski definition) is 4. The molecule has 0 saturated carbocycles. The Morgan fingerprint density at radius 2 is 2.19 bits per heavy atom. The van der Waals surface area contributed by atoms with Crippen LogP contribution in [0.2, 0.25) is 0 Å². The summed E-state index contributed by atoms with van der Waals surface area (Å²) in [7, 11) is 1.61. The molecule has 1 aromatic heterocycles. The number of hydrogen-bond donors (Lipinski definition) is 2. The second kappa shape index (κ2) is 5.62. The predicted molar refractivity (Wildman–Crippen MR) is 59.6 cm³/mol. The number of carboxylic acids is 2. The van der Waals surface area contributed by atoms with Crippen LogP contribution in [-0.4, -0.2) is 40.6 Å². The van der Waals surface area contributed by atoms with Crippen molar-refractivity contribution in [2.75, 3.05) is 13.6 Å². The second-order valence-electron chi connectivity index (χ2n) is 3.42. The monoisotopic (exact) mass is 243 g/mol. The molecule has 0 radical (unpaired) electrons. The number of thiophene rings is 1. The molecule has 1 rings (SSSR count). The van der Waals surface area contributed by atoms with E-state index >= 15 is 0 Å². The van der Waals surface area contributed by atoms with Crippen molar-refractivity contribution in [2.24, 2.45) is 0 Å². The van der Waals surface area contributed by atoms with Gasteiger partial charge < -0.3 is 10.2 Å². The zero-order chi connectivity index (χ0) is 12.1. The SMILES string of the molecule is CN(CCC(=O)O)C(C(=O)O)c1ccsc1. The highest BCUT2D eigenvalue weighted by molar-refractivity contribution is 7.08. The molecule has 0 saturated heterocycles. The molecule has 88 valence electrons. The maximum atomic E-state index is 11.1. The van der Waals surface area contributed by atoms with Crippen LogP contribution >= 0.6 is 11.3 Å². The Balaban J connectivity index is 2.71. The van der Waals surface area contributed by atoms with Crippen molar-refractivity contribution in [1.29, 1.82) is 0 Å². The van der Waals surface area contributed by atoms with Gasteiger partial charge >= 0.3 is 11.9 Å². The molecule has 2 N–H and O–H groups in total. The van der Waals surface area contributed by atoms with E-state index in [1.54, 1.807) is 23.9 Å². The number of carbonyl (C=O) groups is 2. The Labute approximate surface area is 96.9 Å². The van der Waals surface area contributed by atoms with Crippen LogP contribution in [0.3, 0.4) is 0 Å². The molecule has 5 nitrogen and oxygen atoms in total. The maximum absolute atomic E-state index is 11.1. The van der Waals surface area contributed by atoms with E-state index in [2.05, 4.69) is 0 Å². The molecule has 1 atom stereocenters. The standard InChI is InChI=1S/C10H13NO4S/c1-11(4-2-8(12)13)9(10(14)15)7-3-5-16-6-7/h3,5-6,9H,2,4H2,1H3,(H,12,13)(H,14,15). The minimum atomic E-state index is -0.966. The lowest BCUT2D eigenvalue weighted by molar-refractivity contribution is -0.144. The lowest BCUT2D eigenvalue weighted by Gasteiger charge is -2.23. The van der Waals surface area contributed by atoms with Crippen LogP contribution in [0.25, 0.3) is 0 Å². The van der Waals surface area contributed by atoms with Crippen molar-refractivity contribution in [1.82, 2.24) is 4.90 Å². The summed E-state index contributed by atoms with van der Waals surface area (Å²) >= 11 is 1.42. The highest BCUT2D eigenvalue weighted by Crippen LogP contribution is 2.22. The summed E-state index contributed by atoms with van der Waals surface area (Å²) in [6.07, 6.45) is -0.0651. The summed E-state index contributed by atoms with van der Waals surface area (Å²) in [6.45, 7) is 0.210. The van der Waals surface area contributed by atoms with Crippen molar-refractivity contribution in [2.45, 2.75) is 12.5 Å². The van der Waals surface area contributed by atoms with Gasteiger partial charge in [-0.15, -0.1) is 0 Å². The van der Waals surface area contributed by atoms with Crippen LogP contribution in [0, 0.1) is 0 Å². The predicted octanol–water partition coefficient (Wildman–Crippen LogP) is 1.28. The topological polar surface area (TPSA) is 77.8 Å². The Morgan fingerprint density at radius 3 is 2.62 bits per heavy atom. The van der Waals surface area contributed by atoms with Crippen LogP contribution in [0.4, 0.5) is 0 Å². The molecule has 1 heterocycles. The lowest BCUT2D eigenvalue weighted by Crippen LogP contribution is -2.32. The summed E-state index contributed by atoms with van der Waals surface area (Å²) in [4.78, 5) is 23.0. The highest BCUT2D eigenvalue weighted by atomic mass is 32.1. The third-order valence-electron chi connectivity index (χ3n) is 2.21. The zero-order valence-electron chi connectivity index (χ0n) is 8.79. The van der Waals surface area contributed by atoms with E-state index in [1.165, 1.54) is 16.2 Å². The highest BCUT2D eigenvalue weighted by Gasteiger charge is 2.25. The average Bonchev–Trinajstić information content (AvgIpc) is 2.67. The summed E-state index contributed by atoms with van der Waals surface area (Å²) in [6, 6.07) is 0.964. The van der Waals surface area contributed by atoms with Crippen molar-refractivity contribution in [3.63, 3.8) is 0 Å². The minimum Gasteiger partial charge on any atom is -0.481 e. The van der Waals surface area contributed by atoms with Crippen LogP contribution in [0.1, 0.15) is 18.0 Å². The van der Waals surface area contributed by atoms with Crippen molar-refractivity contribution >= 4 is 23.3 Å². The molecule has 16 heavy (non-hydrogen) atoms. The molecule has 0 aromatic carbocycles. The number of likely N-dealkylation sites (N-methyl/N-ethyl adjacent to an activating group) is 1. The Hall–Kier alpha value is -1.40. The first kappa shape index (κ1) is 12.7. The van der Waals surface area contributed by atoms with Crippen LogP contribution in [-0.2, 0) is 9.59 Å². The molecule has 0 aliphatic rings. The summed E-state index contributed by atoms with van der Waals surface area (Å²) in [5.74, 6) is -1.90. The van der Waals surface area contributed by atoms with Gasteiger partial charge in [0.1, 0.15) is 6.04 Å². The molecular formula is C10H13NO4S. The number of rotatable bonds is 6. The molecule has 6 heteroatoms. The van der Waals surface area contributed by atoms with Crippen molar-refractivity contribution in [3.8, 4) is 0 Å². The largest absolute Gasteiger partial charge is 0.481 e. The van der Waals surface area contributed by atoms with Gasteiger partial charge in [0.15, 0.2) is 0 Å². The van der Waals surface area contributed by atoms with E-state index in [9.17, 15) is 9.59 Å². The molecule has 0 bridgehead atoms. The molecule has 0 aliphatic carbocycles. The van der Waals surface area contributed by atoms with Gasteiger partial charge in [-0.1, -0.05) is 0 Å². The number of aliphatic carboxylic acids is 2. The molecule has 0 fully saturated rings. The first-order valence-electron chi connectivity index (χ1n) is 4.69. The number of carboxylic acid groups (broad SMARTS) is 2. The Morgan fingerprint density at radius 1 is 1.50 bits per heavy atom. The third kappa shape index (κ3) is 3.32. The fraction of sp³-hybridized carbons (Fsp3) is 0.400. The minimum absolute atomic E-state index is 0.0651.